The van der Waals surface area contributed by atoms with Crippen LogP contribution in [0, 0.1) is 0 Å². The van der Waals surface area contributed by atoms with Gasteiger partial charge in [0.15, 0.2) is 0 Å². The Kier molecular flexibility index (Phi) is 6.42. The van der Waals surface area contributed by atoms with E-state index in [1.54, 1.807) is 14.2 Å². The summed E-state index contributed by atoms with van der Waals surface area (Å²) in [4.78, 5) is 3.82. The zero-order valence-electron chi connectivity index (χ0n) is 7.79. The molecule has 0 aromatic carbocycles. The normalized spacial score (nSPS) is 10.9. The number of hydrogen-bond donors (Lipinski definition) is 0. The molecule has 0 atom stereocenters. The minimum Gasteiger partial charge on any atom is -0.398 e. The van der Waals surface area contributed by atoms with Crippen LogP contribution in [0.3, 0.4) is 0 Å². The summed E-state index contributed by atoms with van der Waals surface area (Å²) in [5.41, 5.74) is 0. The van der Waals surface area contributed by atoms with Gasteiger partial charge in [0.05, 0.1) is 5.16 Å². The molecule has 0 aliphatic carbocycles. The van der Waals surface area contributed by atoms with Crippen LogP contribution >= 0.6 is 12.2 Å². The summed E-state index contributed by atoms with van der Waals surface area (Å²) in [5, 5.41) is 2.33. The highest BCUT2D eigenvalue weighted by molar-refractivity contribution is 7.78. The summed E-state index contributed by atoms with van der Waals surface area (Å²) in [6.45, 7) is 2.76. The van der Waals surface area contributed by atoms with Gasteiger partial charge < -0.3 is 8.85 Å². The summed E-state index contributed by atoms with van der Waals surface area (Å²) in [6, 6.07) is 0.945. The Hall–Kier alpha value is -0.0631. The van der Waals surface area contributed by atoms with Crippen molar-refractivity contribution in [2.45, 2.75) is 19.0 Å². The van der Waals surface area contributed by atoms with E-state index < -0.39 is 8.56 Å². The molecular weight excluding hydrogens is 190 g/mol. The van der Waals surface area contributed by atoms with Crippen LogP contribution in [-0.2, 0) is 8.85 Å². The molecule has 0 spiro atoms. The average Bonchev–Trinajstić information content (AvgIpc) is 2.12. The lowest BCUT2D eigenvalue weighted by molar-refractivity contribution is 0.249. The molecule has 0 amide bonds. The fourth-order valence-corrected chi connectivity index (χ4v) is 2.28. The van der Waals surface area contributed by atoms with E-state index >= 15 is 0 Å². The second kappa shape index (κ2) is 6.45. The number of nitrogens with zero attached hydrogens (tertiary/aromatic N) is 1. The largest absolute Gasteiger partial charge is 0.398 e. The molecule has 0 bridgehead atoms. The van der Waals surface area contributed by atoms with Gasteiger partial charge in [0.1, 0.15) is 0 Å². The van der Waals surface area contributed by atoms with Crippen molar-refractivity contribution < 1.29 is 8.85 Å². The number of hydrogen-bond acceptors (Lipinski definition) is 4. The van der Waals surface area contributed by atoms with Crippen LogP contribution in [0.2, 0.25) is 12.6 Å². The highest BCUT2D eigenvalue weighted by atomic mass is 32.1. The molecule has 0 N–H and O–H groups in total. The highest BCUT2D eigenvalue weighted by Crippen LogP contribution is 2.13. The first-order valence-electron chi connectivity index (χ1n) is 3.82. The molecule has 0 aliphatic rings. The van der Waals surface area contributed by atoms with Gasteiger partial charge >= 0.3 is 8.56 Å². The Morgan fingerprint density at radius 2 is 2.00 bits per heavy atom. The van der Waals surface area contributed by atoms with Gasteiger partial charge in [-0.25, -0.2) is 4.99 Å². The van der Waals surface area contributed by atoms with Gasteiger partial charge in [-0.1, -0.05) is 0 Å². The Balaban J connectivity index is 3.65. The van der Waals surface area contributed by atoms with Gasteiger partial charge in [-0.3, -0.25) is 0 Å². The van der Waals surface area contributed by atoms with Gasteiger partial charge in [-0.05, 0) is 31.2 Å². The molecular formula is C7H15NO2SSi. The van der Waals surface area contributed by atoms with Gasteiger partial charge in [0, 0.05) is 20.8 Å². The standard InChI is InChI=1S/C7H15NO2SSi/c1-9-12(3,10-2)6-4-5-8-7-11/h4-6H2,1-3H3. The van der Waals surface area contributed by atoms with Crippen molar-refractivity contribution in [1.82, 2.24) is 0 Å². The second-order valence-corrected chi connectivity index (χ2v) is 6.39. The Morgan fingerprint density at radius 1 is 1.42 bits per heavy atom. The topological polar surface area (TPSA) is 30.8 Å². The van der Waals surface area contributed by atoms with Crippen LogP contribution in [0.4, 0.5) is 0 Å². The lowest BCUT2D eigenvalue weighted by atomic mass is 10.5. The van der Waals surface area contributed by atoms with Crippen molar-refractivity contribution in [3.63, 3.8) is 0 Å². The molecule has 0 fully saturated rings. The zero-order chi connectivity index (χ0) is 9.45. The molecule has 0 saturated heterocycles. The van der Waals surface area contributed by atoms with Gasteiger partial charge in [0.25, 0.3) is 0 Å². The lowest BCUT2D eigenvalue weighted by Gasteiger charge is -2.21. The summed E-state index contributed by atoms with van der Waals surface area (Å²) in [7, 11) is 1.52. The molecule has 0 radical (unpaired) electrons. The summed E-state index contributed by atoms with van der Waals surface area (Å²) >= 11 is 4.45. The maximum atomic E-state index is 5.30. The Morgan fingerprint density at radius 3 is 2.42 bits per heavy atom. The number of aliphatic imine (C=N–C) groups is 1. The molecule has 3 nitrogen and oxygen atoms in total. The minimum absolute atomic E-state index is 0.721. The zero-order valence-corrected chi connectivity index (χ0v) is 9.61. The number of rotatable bonds is 6. The van der Waals surface area contributed by atoms with Gasteiger partial charge in [0.2, 0.25) is 0 Å². The predicted octanol–water partition coefficient (Wildman–Crippen LogP) is 1.84. The van der Waals surface area contributed by atoms with Crippen LogP contribution in [0.25, 0.3) is 0 Å². The van der Waals surface area contributed by atoms with E-state index in [1.165, 1.54) is 0 Å². The summed E-state index contributed by atoms with van der Waals surface area (Å²) in [6.07, 6.45) is 0.952. The van der Waals surface area contributed by atoms with Crippen LogP contribution in [0.1, 0.15) is 6.42 Å². The van der Waals surface area contributed by atoms with E-state index in [1.807, 2.05) is 6.55 Å². The van der Waals surface area contributed by atoms with E-state index in [-0.39, 0.29) is 0 Å². The summed E-state index contributed by atoms with van der Waals surface area (Å²) < 4.78 is 10.6. The van der Waals surface area contributed by atoms with Crippen LogP contribution in [0.15, 0.2) is 4.99 Å². The van der Waals surface area contributed by atoms with E-state index in [0.29, 0.717) is 0 Å². The predicted molar refractivity (Wildman–Crippen MR) is 55.0 cm³/mol. The smallest absolute Gasteiger partial charge is 0.334 e. The van der Waals surface area contributed by atoms with E-state index in [2.05, 4.69) is 22.4 Å². The number of isothiocyanates is 1. The third kappa shape index (κ3) is 4.74. The SMILES string of the molecule is CO[Si](C)(CCCN=C=S)OC. The van der Waals surface area contributed by atoms with Crippen LogP contribution < -0.4 is 0 Å². The fraction of sp³-hybridized carbons (Fsp3) is 0.857. The van der Waals surface area contributed by atoms with Crippen molar-refractivity contribution in [2.24, 2.45) is 4.99 Å². The van der Waals surface area contributed by atoms with Crippen molar-refractivity contribution in [2.75, 3.05) is 20.8 Å². The summed E-state index contributed by atoms with van der Waals surface area (Å²) in [5.74, 6) is 0. The fourth-order valence-electron chi connectivity index (χ4n) is 0.812. The molecule has 0 heterocycles. The van der Waals surface area contributed by atoms with Crippen molar-refractivity contribution >= 4 is 25.9 Å². The molecule has 0 aliphatic heterocycles. The second-order valence-electron chi connectivity index (χ2n) is 2.62. The average molecular weight is 205 g/mol. The van der Waals surface area contributed by atoms with E-state index in [4.69, 9.17) is 8.85 Å². The molecule has 0 aromatic rings. The Labute approximate surface area is 80.0 Å². The first-order chi connectivity index (χ1) is 5.68. The molecule has 0 saturated carbocycles. The van der Waals surface area contributed by atoms with Crippen molar-refractivity contribution in [3.8, 4) is 0 Å². The molecule has 0 unspecified atom stereocenters. The van der Waals surface area contributed by atoms with Crippen LogP contribution in [0.5, 0.6) is 0 Å². The highest BCUT2D eigenvalue weighted by Gasteiger charge is 2.27. The quantitative estimate of drug-likeness (QED) is 0.287. The first kappa shape index (κ1) is 11.9. The van der Waals surface area contributed by atoms with Gasteiger partial charge in [-0.15, -0.1) is 0 Å². The monoisotopic (exact) mass is 205 g/mol. The molecule has 70 valence electrons. The van der Waals surface area contributed by atoms with Crippen LogP contribution in [-0.4, -0.2) is 34.5 Å². The van der Waals surface area contributed by atoms with Crippen molar-refractivity contribution in [1.29, 1.82) is 0 Å². The van der Waals surface area contributed by atoms with E-state index in [9.17, 15) is 0 Å². The Bertz CT molecular complexity index is 167. The molecule has 0 aromatic heterocycles. The maximum absolute atomic E-state index is 5.30. The van der Waals surface area contributed by atoms with Gasteiger partial charge in [-0.2, -0.15) is 0 Å². The first-order valence-corrected chi connectivity index (χ1v) is 6.75. The third-order valence-corrected chi connectivity index (χ3v) is 4.95. The molecule has 12 heavy (non-hydrogen) atoms. The lowest BCUT2D eigenvalue weighted by Crippen LogP contribution is -2.35. The molecule has 5 heteroatoms. The van der Waals surface area contributed by atoms with Crippen molar-refractivity contribution in [3.05, 3.63) is 0 Å². The molecule has 0 rings (SSSR count). The maximum Gasteiger partial charge on any atom is 0.334 e. The number of thiocarbonyl (C=S) groups is 1. The van der Waals surface area contributed by atoms with E-state index in [0.717, 1.165) is 19.0 Å². The minimum atomic E-state index is -1.87. The third-order valence-electron chi connectivity index (χ3n) is 1.83.